The van der Waals surface area contributed by atoms with Crippen molar-refractivity contribution in [1.82, 2.24) is 9.97 Å². The zero-order valence-corrected chi connectivity index (χ0v) is 11.6. The highest BCUT2D eigenvalue weighted by molar-refractivity contribution is 14.1. The van der Waals surface area contributed by atoms with Gasteiger partial charge in [0, 0.05) is 7.11 Å². The van der Waals surface area contributed by atoms with Gasteiger partial charge in [0.05, 0.1) is 18.1 Å². The quantitative estimate of drug-likeness (QED) is 0.831. The van der Waals surface area contributed by atoms with Gasteiger partial charge in [0.1, 0.15) is 9.39 Å². The molecule has 1 rings (SSSR count). The fraction of sp³-hybridized carbons (Fsp3) is 0.556. The summed E-state index contributed by atoms with van der Waals surface area (Å²) < 4.78 is 5.61. The lowest BCUT2D eigenvalue weighted by Gasteiger charge is -2.05. The van der Waals surface area contributed by atoms with E-state index in [1.54, 1.807) is 18.9 Å². The number of H-pyrrole nitrogens is 1. The van der Waals surface area contributed by atoms with E-state index in [1.165, 1.54) is 0 Å². The zero-order valence-electron chi connectivity index (χ0n) is 8.67. The third kappa shape index (κ3) is 3.76. The molecule has 0 saturated heterocycles. The maximum absolute atomic E-state index is 11.5. The summed E-state index contributed by atoms with van der Waals surface area (Å²) in [5, 5.41) is 0. The topological polar surface area (TPSA) is 55.0 Å². The Bertz CT molecular complexity index is 381. The summed E-state index contributed by atoms with van der Waals surface area (Å²) in [6.45, 7) is 2.46. The van der Waals surface area contributed by atoms with Crippen molar-refractivity contribution >= 4 is 34.4 Å². The van der Waals surface area contributed by atoms with Gasteiger partial charge in [-0.25, -0.2) is 4.98 Å². The summed E-state index contributed by atoms with van der Waals surface area (Å²) in [6.07, 6.45) is 0. The van der Waals surface area contributed by atoms with E-state index in [-0.39, 0.29) is 5.56 Å². The number of methoxy groups -OCH3 is 1. The zero-order chi connectivity index (χ0) is 11.3. The number of rotatable bonds is 5. The van der Waals surface area contributed by atoms with Crippen molar-refractivity contribution in [2.24, 2.45) is 0 Å². The van der Waals surface area contributed by atoms with E-state index in [0.29, 0.717) is 15.9 Å². The van der Waals surface area contributed by atoms with Crippen molar-refractivity contribution in [3.8, 4) is 0 Å². The second-order valence-electron chi connectivity index (χ2n) is 2.84. The molecule has 84 valence electrons. The van der Waals surface area contributed by atoms with Gasteiger partial charge in [0.2, 0.25) is 0 Å². The van der Waals surface area contributed by atoms with Crippen LogP contribution in [-0.4, -0.2) is 22.8 Å². The number of hydrogen-bond donors (Lipinski definition) is 1. The van der Waals surface area contributed by atoms with Crippen molar-refractivity contribution in [3.63, 3.8) is 0 Å². The minimum absolute atomic E-state index is 0.0793. The minimum atomic E-state index is -0.0793. The molecule has 0 unspecified atom stereocenters. The SMILES string of the molecule is CCSCc1nc(COC)c(I)c(=O)[nH]1. The lowest BCUT2D eigenvalue weighted by atomic mass is 10.4. The molecule has 0 spiro atoms. The molecule has 4 nitrogen and oxygen atoms in total. The van der Waals surface area contributed by atoms with Crippen LogP contribution in [0.3, 0.4) is 0 Å². The molecule has 1 aromatic rings. The van der Waals surface area contributed by atoms with Crippen LogP contribution < -0.4 is 5.56 Å². The molecule has 0 bridgehead atoms. The van der Waals surface area contributed by atoms with Crippen molar-refractivity contribution in [1.29, 1.82) is 0 Å². The highest BCUT2D eigenvalue weighted by Crippen LogP contribution is 2.10. The molecule has 1 aromatic heterocycles. The van der Waals surface area contributed by atoms with Gasteiger partial charge in [0.15, 0.2) is 0 Å². The van der Waals surface area contributed by atoms with Crippen molar-refractivity contribution in [3.05, 3.63) is 25.4 Å². The van der Waals surface area contributed by atoms with E-state index in [2.05, 4.69) is 16.9 Å². The molecule has 0 aromatic carbocycles. The summed E-state index contributed by atoms with van der Waals surface area (Å²) in [4.78, 5) is 18.6. The number of halogens is 1. The normalized spacial score (nSPS) is 10.6. The summed E-state index contributed by atoms with van der Waals surface area (Å²) in [5.74, 6) is 2.47. The highest BCUT2D eigenvalue weighted by Gasteiger charge is 2.08. The number of ether oxygens (including phenoxy) is 1. The molecule has 0 aliphatic carbocycles. The van der Waals surface area contributed by atoms with E-state index in [9.17, 15) is 4.79 Å². The highest BCUT2D eigenvalue weighted by atomic mass is 127. The first-order valence-corrected chi connectivity index (χ1v) is 6.76. The van der Waals surface area contributed by atoms with Gasteiger partial charge in [-0.05, 0) is 28.3 Å². The van der Waals surface area contributed by atoms with E-state index in [0.717, 1.165) is 17.3 Å². The van der Waals surface area contributed by atoms with Crippen LogP contribution in [-0.2, 0) is 17.1 Å². The summed E-state index contributed by atoms with van der Waals surface area (Å²) in [7, 11) is 1.60. The Morgan fingerprint density at radius 1 is 1.60 bits per heavy atom. The van der Waals surface area contributed by atoms with Crippen LogP contribution in [0.25, 0.3) is 0 Å². The molecule has 0 aliphatic heterocycles. The predicted molar refractivity (Wildman–Crippen MR) is 70.1 cm³/mol. The van der Waals surface area contributed by atoms with Gasteiger partial charge in [-0.3, -0.25) is 4.79 Å². The Hall–Kier alpha value is -0.0800. The molecule has 0 aliphatic rings. The Kier molecular flexibility index (Phi) is 5.62. The first kappa shape index (κ1) is 13.0. The summed E-state index contributed by atoms with van der Waals surface area (Å²) in [6, 6.07) is 0. The molecular formula is C9H13IN2O2S. The van der Waals surface area contributed by atoms with Crippen LogP contribution >= 0.6 is 34.4 Å². The predicted octanol–water partition coefficient (Wildman–Crippen LogP) is 1.77. The third-order valence-electron chi connectivity index (χ3n) is 1.70. The van der Waals surface area contributed by atoms with Crippen LogP contribution in [0.2, 0.25) is 0 Å². The molecule has 6 heteroatoms. The number of thioether (sulfide) groups is 1. The van der Waals surface area contributed by atoms with Gasteiger partial charge in [-0.15, -0.1) is 0 Å². The third-order valence-corrected chi connectivity index (χ3v) is 3.70. The van der Waals surface area contributed by atoms with Gasteiger partial charge < -0.3 is 9.72 Å². The fourth-order valence-electron chi connectivity index (χ4n) is 1.06. The largest absolute Gasteiger partial charge is 0.378 e. The molecule has 0 atom stereocenters. The first-order chi connectivity index (χ1) is 7.19. The molecule has 15 heavy (non-hydrogen) atoms. The number of hydrogen-bond acceptors (Lipinski definition) is 4. The minimum Gasteiger partial charge on any atom is -0.378 e. The second kappa shape index (κ2) is 6.49. The number of nitrogens with zero attached hydrogens (tertiary/aromatic N) is 1. The number of nitrogens with one attached hydrogen (secondary N) is 1. The average Bonchev–Trinajstić information content (AvgIpc) is 2.22. The van der Waals surface area contributed by atoms with E-state index >= 15 is 0 Å². The molecule has 0 amide bonds. The average molecular weight is 340 g/mol. The van der Waals surface area contributed by atoms with Gasteiger partial charge in [-0.1, -0.05) is 6.92 Å². The van der Waals surface area contributed by atoms with Crippen LogP contribution in [0, 0.1) is 3.57 Å². The number of aromatic nitrogens is 2. The maximum atomic E-state index is 11.5. The molecule has 1 N–H and O–H groups in total. The second-order valence-corrected chi connectivity index (χ2v) is 5.20. The maximum Gasteiger partial charge on any atom is 0.264 e. The van der Waals surface area contributed by atoms with Gasteiger partial charge in [-0.2, -0.15) is 11.8 Å². The van der Waals surface area contributed by atoms with Crippen LogP contribution in [0.4, 0.5) is 0 Å². The molecule has 0 fully saturated rings. The van der Waals surface area contributed by atoms with Crippen LogP contribution in [0.5, 0.6) is 0 Å². The first-order valence-electron chi connectivity index (χ1n) is 4.53. The van der Waals surface area contributed by atoms with Gasteiger partial charge >= 0.3 is 0 Å². The molecule has 0 saturated carbocycles. The standard InChI is InChI=1S/C9H13IN2O2S/c1-3-15-5-7-11-6(4-14-2)8(10)9(13)12-7/h3-5H2,1-2H3,(H,11,12,13). The van der Waals surface area contributed by atoms with E-state index in [1.807, 2.05) is 22.6 Å². The summed E-state index contributed by atoms with van der Waals surface area (Å²) >= 11 is 3.72. The monoisotopic (exact) mass is 340 g/mol. The van der Waals surface area contributed by atoms with Crippen molar-refractivity contribution < 1.29 is 4.74 Å². The number of aromatic amines is 1. The lowest BCUT2D eigenvalue weighted by Crippen LogP contribution is -2.18. The van der Waals surface area contributed by atoms with Crippen LogP contribution in [0.15, 0.2) is 4.79 Å². The Morgan fingerprint density at radius 3 is 2.93 bits per heavy atom. The molecule has 0 radical (unpaired) electrons. The Balaban J connectivity index is 2.95. The Morgan fingerprint density at radius 2 is 2.33 bits per heavy atom. The molecular weight excluding hydrogens is 327 g/mol. The smallest absolute Gasteiger partial charge is 0.264 e. The Labute approximate surface area is 106 Å². The lowest BCUT2D eigenvalue weighted by molar-refractivity contribution is 0.180. The van der Waals surface area contributed by atoms with Crippen molar-refractivity contribution in [2.45, 2.75) is 19.3 Å². The van der Waals surface area contributed by atoms with E-state index < -0.39 is 0 Å². The summed E-state index contributed by atoms with van der Waals surface area (Å²) in [5.41, 5.74) is 0.637. The molecule has 1 heterocycles. The van der Waals surface area contributed by atoms with Crippen molar-refractivity contribution in [2.75, 3.05) is 12.9 Å². The van der Waals surface area contributed by atoms with Crippen LogP contribution in [0.1, 0.15) is 18.4 Å². The van der Waals surface area contributed by atoms with E-state index in [4.69, 9.17) is 4.74 Å². The fourth-order valence-corrected chi connectivity index (χ4v) is 2.00. The van der Waals surface area contributed by atoms with Gasteiger partial charge in [0.25, 0.3) is 5.56 Å².